The van der Waals surface area contributed by atoms with Crippen LogP contribution in [0.2, 0.25) is 5.02 Å². The number of hydrogen-bond acceptors (Lipinski definition) is 5. The molecule has 6 nitrogen and oxygen atoms in total. The van der Waals surface area contributed by atoms with Gasteiger partial charge in [-0.05, 0) is 36.2 Å². The first-order chi connectivity index (χ1) is 14.1. The van der Waals surface area contributed by atoms with Crippen molar-refractivity contribution in [2.45, 2.75) is 36.2 Å². The van der Waals surface area contributed by atoms with Gasteiger partial charge in [-0.15, -0.1) is 10.2 Å². The van der Waals surface area contributed by atoms with Gasteiger partial charge in [0, 0.05) is 11.4 Å². The van der Waals surface area contributed by atoms with Crippen molar-refractivity contribution in [3.63, 3.8) is 0 Å². The quantitative estimate of drug-likeness (QED) is 0.625. The molecule has 2 heterocycles. The largest absolute Gasteiger partial charge is 0.323 e. The Balaban J connectivity index is 1.67. The Hall–Kier alpha value is -2.58. The second-order valence-corrected chi connectivity index (χ2v) is 8.20. The Labute approximate surface area is 176 Å². The van der Waals surface area contributed by atoms with Gasteiger partial charge < -0.3 is 10.7 Å². The van der Waals surface area contributed by atoms with Crippen molar-refractivity contribution in [1.82, 2.24) is 14.9 Å². The lowest BCUT2D eigenvalue weighted by molar-refractivity contribution is -0.116. The van der Waals surface area contributed by atoms with Crippen LogP contribution in [-0.2, 0) is 11.2 Å². The van der Waals surface area contributed by atoms with Gasteiger partial charge in [0.05, 0.1) is 11.7 Å². The van der Waals surface area contributed by atoms with Crippen LogP contribution in [0.25, 0.3) is 0 Å². The fourth-order valence-corrected chi connectivity index (χ4v) is 4.40. The van der Waals surface area contributed by atoms with Crippen LogP contribution < -0.4 is 10.7 Å². The summed E-state index contributed by atoms with van der Waals surface area (Å²) in [4.78, 5) is 13.1. The zero-order chi connectivity index (χ0) is 20.4. The van der Waals surface area contributed by atoms with Crippen molar-refractivity contribution >= 4 is 35.0 Å². The molecule has 0 fully saturated rings. The molecule has 150 valence electrons. The van der Waals surface area contributed by atoms with E-state index in [1.54, 1.807) is 24.3 Å². The molecule has 1 aliphatic heterocycles. The highest BCUT2D eigenvalue weighted by atomic mass is 35.5. The van der Waals surface area contributed by atoms with E-state index in [2.05, 4.69) is 27.9 Å². The summed E-state index contributed by atoms with van der Waals surface area (Å²) in [5.41, 5.74) is 4.40. The third-order valence-corrected chi connectivity index (χ3v) is 6.06. The maximum absolute atomic E-state index is 14.0. The fourth-order valence-electron chi connectivity index (χ4n) is 3.17. The number of thioether (sulfide) groups is 1. The van der Waals surface area contributed by atoms with Crippen molar-refractivity contribution in [3.05, 3.63) is 70.8 Å². The minimum atomic E-state index is -0.582. The summed E-state index contributed by atoms with van der Waals surface area (Å²) in [6, 6.07) is 13.0. The molecule has 2 unspecified atom stereocenters. The number of amides is 1. The highest BCUT2D eigenvalue weighted by molar-refractivity contribution is 8.00. The molecule has 0 radical (unpaired) electrons. The molecular weight excluding hydrogens is 413 g/mol. The number of carbonyl (C=O) groups is 1. The van der Waals surface area contributed by atoms with Gasteiger partial charge in [0.15, 0.2) is 5.82 Å². The molecule has 0 spiro atoms. The number of rotatable bonds is 5. The summed E-state index contributed by atoms with van der Waals surface area (Å²) < 4.78 is 15.9. The SMILES string of the molecule is CCCc1nnc2n1NC(c1ccc(Cl)cc1)C(C(=O)Nc1ccccc1F)S2. The van der Waals surface area contributed by atoms with Crippen molar-refractivity contribution < 1.29 is 9.18 Å². The molecule has 0 aliphatic carbocycles. The lowest BCUT2D eigenvalue weighted by atomic mass is 10.0. The molecular formula is C20H19ClFN5OS. The lowest BCUT2D eigenvalue weighted by Crippen LogP contribution is -2.41. The highest BCUT2D eigenvalue weighted by Gasteiger charge is 2.38. The fraction of sp³-hybridized carbons (Fsp3) is 0.250. The van der Waals surface area contributed by atoms with Crippen LogP contribution in [-0.4, -0.2) is 26.0 Å². The minimum absolute atomic E-state index is 0.145. The average Bonchev–Trinajstić information content (AvgIpc) is 3.11. The van der Waals surface area contributed by atoms with Gasteiger partial charge in [0.25, 0.3) is 0 Å². The Bertz CT molecular complexity index is 1030. The van der Waals surface area contributed by atoms with Gasteiger partial charge in [-0.2, -0.15) is 0 Å². The van der Waals surface area contributed by atoms with Crippen molar-refractivity contribution in [1.29, 1.82) is 0 Å². The van der Waals surface area contributed by atoms with Crippen LogP contribution in [0.3, 0.4) is 0 Å². The second-order valence-electron chi connectivity index (χ2n) is 6.65. The molecule has 0 bridgehead atoms. The number of hydrogen-bond donors (Lipinski definition) is 2. The van der Waals surface area contributed by atoms with Crippen molar-refractivity contribution in [2.24, 2.45) is 0 Å². The van der Waals surface area contributed by atoms with Crippen LogP contribution in [0, 0.1) is 5.82 Å². The van der Waals surface area contributed by atoms with E-state index in [0.29, 0.717) is 10.2 Å². The number of aryl methyl sites for hydroxylation is 1. The van der Waals surface area contributed by atoms with Crippen LogP contribution in [0.4, 0.5) is 10.1 Å². The third-order valence-electron chi connectivity index (χ3n) is 4.60. The molecule has 1 aromatic heterocycles. The standard InChI is InChI=1S/C20H19ClFN5OS/c1-2-5-16-24-25-20-27(16)26-17(12-8-10-13(21)11-9-12)18(29-20)19(28)23-15-7-4-3-6-14(15)22/h3-4,6-11,17-18,26H,2,5H2,1H3,(H,23,28). The number of aromatic nitrogens is 3. The van der Waals surface area contributed by atoms with Gasteiger partial charge in [-0.1, -0.05) is 54.6 Å². The maximum Gasteiger partial charge on any atom is 0.240 e. The predicted molar refractivity (Wildman–Crippen MR) is 112 cm³/mol. The normalized spacial score (nSPS) is 18.0. The molecule has 9 heteroatoms. The average molecular weight is 432 g/mol. The first-order valence-corrected chi connectivity index (χ1v) is 10.5. The van der Waals surface area contributed by atoms with Crippen LogP contribution in [0.15, 0.2) is 53.7 Å². The van der Waals surface area contributed by atoms with Crippen LogP contribution >= 0.6 is 23.4 Å². The molecule has 4 rings (SSSR count). The Kier molecular flexibility index (Phi) is 5.73. The summed E-state index contributed by atoms with van der Waals surface area (Å²) in [6.45, 7) is 2.07. The van der Waals surface area contributed by atoms with Gasteiger partial charge in [-0.3, -0.25) is 4.79 Å². The van der Waals surface area contributed by atoms with E-state index in [4.69, 9.17) is 11.6 Å². The summed E-state index contributed by atoms with van der Waals surface area (Å²) in [7, 11) is 0. The molecule has 2 atom stereocenters. The minimum Gasteiger partial charge on any atom is -0.323 e. The zero-order valence-corrected chi connectivity index (χ0v) is 17.2. The Morgan fingerprint density at radius 3 is 2.72 bits per heavy atom. The van der Waals surface area contributed by atoms with Gasteiger partial charge in [-0.25, -0.2) is 9.07 Å². The topological polar surface area (TPSA) is 71.8 Å². The number of nitrogens with one attached hydrogen (secondary N) is 2. The predicted octanol–water partition coefficient (Wildman–Crippen LogP) is 4.42. The van der Waals surface area contributed by atoms with E-state index in [9.17, 15) is 9.18 Å². The molecule has 1 amide bonds. The van der Waals surface area contributed by atoms with Crippen molar-refractivity contribution in [2.75, 3.05) is 10.7 Å². The number of nitrogens with zero attached hydrogens (tertiary/aromatic N) is 3. The van der Waals surface area contributed by atoms with Crippen molar-refractivity contribution in [3.8, 4) is 0 Å². The summed E-state index contributed by atoms with van der Waals surface area (Å²) in [5.74, 6) is 0.00632. The maximum atomic E-state index is 14.0. The Morgan fingerprint density at radius 2 is 2.00 bits per heavy atom. The number of anilines is 1. The first-order valence-electron chi connectivity index (χ1n) is 9.25. The third kappa shape index (κ3) is 4.09. The molecule has 0 saturated heterocycles. The van der Waals surface area contributed by atoms with E-state index in [1.807, 2.05) is 16.8 Å². The number of halogens is 2. The number of fused-ring (bicyclic) bond motifs is 1. The summed E-state index contributed by atoms with van der Waals surface area (Å²) in [6.07, 6.45) is 1.69. The highest BCUT2D eigenvalue weighted by Crippen LogP contribution is 2.38. The summed E-state index contributed by atoms with van der Waals surface area (Å²) in [5, 5.41) is 11.8. The van der Waals surface area contributed by atoms with E-state index in [-0.39, 0.29) is 17.6 Å². The second kappa shape index (κ2) is 8.42. The van der Waals surface area contributed by atoms with Crippen LogP contribution in [0.1, 0.15) is 30.8 Å². The number of carbonyl (C=O) groups excluding carboxylic acids is 1. The van der Waals surface area contributed by atoms with E-state index in [1.165, 1.54) is 23.9 Å². The monoisotopic (exact) mass is 431 g/mol. The molecule has 29 heavy (non-hydrogen) atoms. The summed E-state index contributed by atoms with van der Waals surface area (Å²) >= 11 is 7.34. The number of benzene rings is 2. The van der Waals surface area contributed by atoms with Crippen LogP contribution in [0.5, 0.6) is 0 Å². The molecule has 2 N–H and O–H groups in total. The Morgan fingerprint density at radius 1 is 1.24 bits per heavy atom. The van der Waals surface area contributed by atoms with Gasteiger partial charge in [0.2, 0.25) is 11.1 Å². The van der Waals surface area contributed by atoms with E-state index < -0.39 is 11.1 Å². The zero-order valence-electron chi connectivity index (χ0n) is 15.6. The molecule has 2 aromatic carbocycles. The van der Waals surface area contributed by atoms with E-state index in [0.717, 1.165) is 24.2 Å². The van der Waals surface area contributed by atoms with Gasteiger partial charge in [0.1, 0.15) is 11.1 Å². The first kappa shape index (κ1) is 19.7. The lowest BCUT2D eigenvalue weighted by Gasteiger charge is -2.33. The smallest absolute Gasteiger partial charge is 0.240 e. The molecule has 0 saturated carbocycles. The number of para-hydroxylation sites is 1. The molecule has 3 aromatic rings. The molecule has 1 aliphatic rings. The van der Waals surface area contributed by atoms with Gasteiger partial charge >= 0.3 is 0 Å². The van der Waals surface area contributed by atoms with E-state index >= 15 is 0 Å².